The highest BCUT2D eigenvalue weighted by Crippen LogP contribution is 2.44. The molecule has 2 fully saturated rings. The van der Waals surface area contributed by atoms with Gasteiger partial charge in [-0.3, -0.25) is 9.69 Å². The van der Waals surface area contributed by atoms with E-state index in [0.717, 1.165) is 69.9 Å². The summed E-state index contributed by atoms with van der Waals surface area (Å²) in [4.78, 5) is 19.2. The van der Waals surface area contributed by atoms with Crippen molar-refractivity contribution in [1.82, 2.24) is 15.0 Å². The topological polar surface area (TPSA) is 49.6 Å². The summed E-state index contributed by atoms with van der Waals surface area (Å²) in [6.07, 6.45) is 4.34. The first-order valence-electron chi connectivity index (χ1n) is 9.58. The molecule has 1 amide bonds. The summed E-state index contributed by atoms with van der Waals surface area (Å²) in [6.45, 7) is 8.28. The van der Waals surface area contributed by atoms with Crippen LogP contribution in [0, 0.1) is 13.8 Å². The first kappa shape index (κ1) is 17.7. The summed E-state index contributed by atoms with van der Waals surface area (Å²) in [5.41, 5.74) is 1.91. The number of nitrogens with zero attached hydrogens (tertiary/aromatic N) is 3. The molecule has 2 aromatic heterocycles. The fraction of sp³-hybridized carbons (Fsp3) is 0.600. The van der Waals surface area contributed by atoms with Crippen LogP contribution in [0.15, 0.2) is 22.0 Å². The van der Waals surface area contributed by atoms with Gasteiger partial charge in [-0.25, -0.2) is 0 Å². The van der Waals surface area contributed by atoms with E-state index in [9.17, 15) is 4.79 Å². The molecule has 26 heavy (non-hydrogen) atoms. The number of amides is 1. The predicted molar refractivity (Wildman–Crippen MR) is 102 cm³/mol. The van der Waals surface area contributed by atoms with Crippen LogP contribution in [0.5, 0.6) is 0 Å². The van der Waals surface area contributed by atoms with Crippen LogP contribution in [0.1, 0.15) is 47.6 Å². The van der Waals surface area contributed by atoms with Gasteiger partial charge in [0, 0.05) is 43.2 Å². The molecule has 4 rings (SSSR count). The summed E-state index contributed by atoms with van der Waals surface area (Å²) in [6, 6.07) is 4.23. The van der Waals surface area contributed by atoms with Gasteiger partial charge in [0.15, 0.2) is 0 Å². The summed E-state index contributed by atoms with van der Waals surface area (Å²) in [5, 5.41) is 6.15. The molecule has 5 nitrogen and oxygen atoms in total. The van der Waals surface area contributed by atoms with Gasteiger partial charge in [0.25, 0.3) is 0 Å². The highest BCUT2D eigenvalue weighted by molar-refractivity contribution is 7.10. The number of hydrogen-bond acceptors (Lipinski definition) is 5. The van der Waals surface area contributed by atoms with Crippen molar-refractivity contribution in [2.24, 2.45) is 0 Å². The van der Waals surface area contributed by atoms with E-state index < -0.39 is 0 Å². The van der Waals surface area contributed by atoms with Crippen LogP contribution in [0.4, 0.5) is 0 Å². The monoisotopic (exact) mass is 373 g/mol. The minimum absolute atomic E-state index is 0.252. The lowest BCUT2D eigenvalue weighted by Gasteiger charge is -2.39. The maximum Gasteiger partial charge on any atom is 0.234 e. The number of aryl methyl sites for hydroxylation is 2. The summed E-state index contributed by atoms with van der Waals surface area (Å²) in [5.74, 6) is 1.26. The molecule has 1 saturated carbocycles. The van der Waals surface area contributed by atoms with E-state index in [1.165, 1.54) is 10.4 Å². The largest absolute Gasteiger partial charge is 0.361 e. The van der Waals surface area contributed by atoms with E-state index in [0.29, 0.717) is 5.91 Å². The van der Waals surface area contributed by atoms with Crippen molar-refractivity contribution >= 4 is 17.2 Å². The van der Waals surface area contributed by atoms with Crippen LogP contribution < -0.4 is 0 Å². The number of hydrogen-bond donors (Lipinski definition) is 0. The van der Waals surface area contributed by atoms with Gasteiger partial charge >= 0.3 is 0 Å². The van der Waals surface area contributed by atoms with Crippen molar-refractivity contribution in [1.29, 1.82) is 0 Å². The van der Waals surface area contributed by atoms with Gasteiger partial charge < -0.3 is 9.42 Å². The second-order valence-electron chi connectivity index (χ2n) is 7.64. The van der Waals surface area contributed by atoms with Gasteiger partial charge in [0.2, 0.25) is 5.91 Å². The molecule has 0 bridgehead atoms. The fourth-order valence-electron chi connectivity index (χ4n) is 4.46. The van der Waals surface area contributed by atoms with Gasteiger partial charge in [-0.2, -0.15) is 0 Å². The molecule has 0 radical (unpaired) electrons. The smallest absolute Gasteiger partial charge is 0.234 e. The number of carbonyl (C=O) groups excluding carboxylic acids is 1. The Morgan fingerprint density at radius 2 is 1.96 bits per heavy atom. The lowest BCUT2D eigenvalue weighted by Crippen LogP contribution is -2.53. The Balaban J connectivity index is 1.42. The third-order valence-corrected chi connectivity index (χ3v) is 7.16. The van der Waals surface area contributed by atoms with Crippen LogP contribution in [-0.4, -0.2) is 47.0 Å². The Hall–Kier alpha value is -1.66. The number of thiophene rings is 1. The van der Waals surface area contributed by atoms with Gasteiger partial charge in [-0.1, -0.05) is 24.1 Å². The normalized spacial score (nSPS) is 20.6. The Kier molecular flexibility index (Phi) is 4.88. The summed E-state index contributed by atoms with van der Waals surface area (Å²) in [7, 11) is 0. The first-order chi connectivity index (χ1) is 12.6. The number of piperazine rings is 1. The maximum absolute atomic E-state index is 13.4. The molecule has 6 heteroatoms. The third-order valence-electron chi connectivity index (χ3n) is 6.08. The average molecular weight is 374 g/mol. The second kappa shape index (κ2) is 7.16. The zero-order valence-electron chi connectivity index (χ0n) is 15.7. The molecular weight excluding hydrogens is 346 g/mol. The molecule has 1 saturated heterocycles. The average Bonchev–Trinajstić information content (AvgIpc) is 3.40. The van der Waals surface area contributed by atoms with Gasteiger partial charge in [0.1, 0.15) is 5.76 Å². The molecule has 1 aliphatic carbocycles. The summed E-state index contributed by atoms with van der Waals surface area (Å²) >= 11 is 1.74. The van der Waals surface area contributed by atoms with Crippen LogP contribution in [-0.2, 0) is 16.8 Å². The van der Waals surface area contributed by atoms with Crippen molar-refractivity contribution in [2.75, 3.05) is 26.2 Å². The minimum Gasteiger partial charge on any atom is -0.361 e. The van der Waals surface area contributed by atoms with E-state index in [-0.39, 0.29) is 5.41 Å². The highest BCUT2D eigenvalue weighted by Gasteiger charge is 2.46. The van der Waals surface area contributed by atoms with Crippen molar-refractivity contribution in [3.05, 3.63) is 39.4 Å². The maximum atomic E-state index is 13.4. The number of aromatic nitrogens is 1. The van der Waals surface area contributed by atoms with Gasteiger partial charge in [-0.05, 0) is 38.1 Å². The summed E-state index contributed by atoms with van der Waals surface area (Å²) < 4.78 is 5.28. The quantitative estimate of drug-likeness (QED) is 0.823. The Bertz CT molecular complexity index is 735. The van der Waals surface area contributed by atoms with Crippen LogP contribution >= 0.6 is 11.3 Å². The van der Waals surface area contributed by atoms with E-state index in [2.05, 4.69) is 32.5 Å². The van der Waals surface area contributed by atoms with E-state index >= 15 is 0 Å². The molecule has 140 valence electrons. The Morgan fingerprint density at radius 1 is 1.23 bits per heavy atom. The van der Waals surface area contributed by atoms with E-state index in [4.69, 9.17) is 4.52 Å². The lowest BCUT2D eigenvalue weighted by molar-refractivity contribution is -0.139. The Morgan fingerprint density at radius 3 is 2.54 bits per heavy atom. The first-order valence-corrected chi connectivity index (χ1v) is 10.5. The van der Waals surface area contributed by atoms with Crippen molar-refractivity contribution in [2.45, 2.75) is 51.5 Å². The second-order valence-corrected chi connectivity index (χ2v) is 8.59. The van der Waals surface area contributed by atoms with Crippen LogP contribution in [0.3, 0.4) is 0 Å². The molecule has 0 N–H and O–H groups in total. The van der Waals surface area contributed by atoms with Gasteiger partial charge in [0.05, 0.1) is 11.1 Å². The zero-order valence-corrected chi connectivity index (χ0v) is 16.5. The minimum atomic E-state index is -0.252. The Labute approximate surface area is 159 Å². The molecule has 0 unspecified atom stereocenters. The third kappa shape index (κ3) is 3.09. The molecule has 0 spiro atoms. The molecule has 2 aliphatic rings. The molecular formula is C20H27N3O2S. The van der Waals surface area contributed by atoms with Crippen molar-refractivity contribution < 1.29 is 9.32 Å². The van der Waals surface area contributed by atoms with Crippen LogP contribution in [0.25, 0.3) is 0 Å². The van der Waals surface area contributed by atoms with Gasteiger partial charge in [-0.15, -0.1) is 11.3 Å². The molecule has 1 aliphatic heterocycles. The van der Waals surface area contributed by atoms with E-state index in [1.54, 1.807) is 11.3 Å². The number of rotatable bonds is 4. The lowest BCUT2D eigenvalue weighted by atomic mass is 9.82. The molecule has 3 heterocycles. The van der Waals surface area contributed by atoms with Crippen molar-refractivity contribution in [3.8, 4) is 0 Å². The highest BCUT2D eigenvalue weighted by atomic mass is 32.1. The molecule has 0 atom stereocenters. The molecule has 2 aromatic rings. The standard InChI is InChI=1S/C20H27N3O2S/c1-15-17(16(2)25-21-15)14-22-9-11-23(12-10-22)19(24)20(7-3-4-8-20)18-6-5-13-26-18/h5-6,13H,3-4,7-12,14H2,1-2H3. The van der Waals surface area contributed by atoms with Crippen molar-refractivity contribution in [3.63, 3.8) is 0 Å². The van der Waals surface area contributed by atoms with E-state index in [1.807, 2.05) is 13.8 Å². The van der Waals surface area contributed by atoms with Crippen LogP contribution in [0.2, 0.25) is 0 Å². The number of carbonyl (C=O) groups is 1. The zero-order chi connectivity index (χ0) is 18.1. The fourth-order valence-corrected chi connectivity index (χ4v) is 5.44. The molecule has 0 aromatic carbocycles. The predicted octanol–water partition coefficient (Wildman–Crippen LogP) is 3.51. The SMILES string of the molecule is Cc1noc(C)c1CN1CCN(C(=O)C2(c3cccs3)CCCC2)CC1.